The van der Waals surface area contributed by atoms with Crippen molar-refractivity contribution < 1.29 is 14.3 Å². The zero-order valence-corrected chi connectivity index (χ0v) is 12.6. The molecule has 114 valence electrons. The molecule has 1 aromatic heterocycles. The molecule has 1 amide bonds. The van der Waals surface area contributed by atoms with Gasteiger partial charge in [-0.3, -0.25) is 4.79 Å². The van der Waals surface area contributed by atoms with Crippen molar-refractivity contribution in [3.05, 3.63) is 59.8 Å². The Morgan fingerprint density at radius 1 is 1.18 bits per heavy atom. The van der Waals surface area contributed by atoms with Gasteiger partial charge in [-0.1, -0.05) is 24.3 Å². The lowest BCUT2D eigenvalue weighted by Gasteiger charge is -2.05. The predicted molar refractivity (Wildman–Crippen MR) is 84.7 cm³/mol. The summed E-state index contributed by atoms with van der Waals surface area (Å²) >= 11 is 0. The maximum Gasteiger partial charge on any atom is 0.244 e. The first kappa shape index (κ1) is 15.6. The molecule has 5 heteroatoms. The molecule has 0 atom stereocenters. The highest BCUT2D eigenvalue weighted by molar-refractivity contribution is 5.92. The molecule has 0 fully saturated rings. The Morgan fingerprint density at radius 3 is 2.68 bits per heavy atom. The molecule has 5 nitrogen and oxygen atoms in total. The molecule has 22 heavy (non-hydrogen) atoms. The minimum atomic E-state index is -0.179. The third-order valence-electron chi connectivity index (χ3n) is 3.03. The molecule has 0 saturated carbocycles. The topological polar surface area (TPSA) is 60.5 Å². The van der Waals surface area contributed by atoms with Gasteiger partial charge in [0.05, 0.1) is 14.2 Å². The first-order valence-corrected chi connectivity index (χ1v) is 6.81. The van der Waals surface area contributed by atoms with Crippen LogP contribution in [-0.4, -0.2) is 25.1 Å². The van der Waals surface area contributed by atoms with E-state index in [-0.39, 0.29) is 5.91 Å². The average molecular weight is 298 g/mol. The van der Waals surface area contributed by atoms with Crippen LogP contribution in [0.5, 0.6) is 11.6 Å². The Balaban J connectivity index is 1.90. The Kier molecular flexibility index (Phi) is 5.54. The molecular formula is C17H18N2O3. The number of ether oxygens (including phenoxy) is 2. The van der Waals surface area contributed by atoms with Gasteiger partial charge >= 0.3 is 0 Å². The summed E-state index contributed by atoms with van der Waals surface area (Å²) in [7, 11) is 3.16. The average Bonchev–Trinajstić information content (AvgIpc) is 2.58. The van der Waals surface area contributed by atoms with Crippen LogP contribution >= 0.6 is 0 Å². The number of carbonyl (C=O) groups is 1. The summed E-state index contributed by atoms with van der Waals surface area (Å²) in [6.45, 7) is 0.409. The summed E-state index contributed by atoms with van der Waals surface area (Å²) < 4.78 is 10.2. The predicted octanol–water partition coefficient (Wildman–Crippen LogP) is 2.43. The largest absolute Gasteiger partial charge is 0.496 e. The van der Waals surface area contributed by atoms with E-state index in [1.807, 2.05) is 30.3 Å². The van der Waals surface area contributed by atoms with Gasteiger partial charge in [0.2, 0.25) is 11.8 Å². The van der Waals surface area contributed by atoms with Crippen LogP contribution in [0.3, 0.4) is 0 Å². The van der Waals surface area contributed by atoms with E-state index in [1.165, 1.54) is 6.08 Å². The molecular weight excluding hydrogens is 280 g/mol. The lowest BCUT2D eigenvalue weighted by atomic mass is 10.2. The van der Waals surface area contributed by atoms with Crippen LogP contribution in [0.1, 0.15) is 11.1 Å². The standard InChI is InChI=1S/C17H18N2O3/c1-21-15-6-4-3-5-14(15)8-9-16(20)18-11-13-7-10-17(22-2)19-12-13/h3-10,12H,11H2,1-2H3,(H,18,20)/b9-8+. The quantitative estimate of drug-likeness (QED) is 0.832. The number of hydrogen-bond donors (Lipinski definition) is 1. The highest BCUT2D eigenvalue weighted by Gasteiger charge is 2.00. The number of methoxy groups -OCH3 is 2. The summed E-state index contributed by atoms with van der Waals surface area (Å²) in [6.07, 6.45) is 4.87. The fourth-order valence-electron chi connectivity index (χ4n) is 1.85. The van der Waals surface area contributed by atoms with Crippen LogP contribution in [-0.2, 0) is 11.3 Å². The second-order valence-electron chi connectivity index (χ2n) is 4.50. The van der Waals surface area contributed by atoms with Crippen molar-refractivity contribution >= 4 is 12.0 Å². The van der Waals surface area contributed by atoms with E-state index < -0.39 is 0 Å². The van der Waals surface area contributed by atoms with E-state index in [2.05, 4.69) is 10.3 Å². The monoisotopic (exact) mass is 298 g/mol. The molecule has 0 aliphatic rings. The van der Waals surface area contributed by atoms with Crippen molar-refractivity contribution in [2.45, 2.75) is 6.54 Å². The van der Waals surface area contributed by atoms with Gasteiger partial charge in [0.25, 0.3) is 0 Å². The van der Waals surface area contributed by atoms with Crippen LogP contribution in [0.15, 0.2) is 48.7 Å². The molecule has 0 saturated heterocycles. The van der Waals surface area contributed by atoms with Crippen LogP contribution < -0.4 is 14.8 Å². The van der Waals surface area contributed by atoms with Gasteiger partial charge in [-0.15, -0.1) is 0 Å². The number of amides is 1. The van der Waals surface area contributed by atoms with Crippen LogP contribution in [0, 0.1) is 0 Å². The second-order valence-corrected chi connectivity index (χ2v) is 4.50. The number of nitrogens with one attached hydrogen (secondary N) is 1. The van der Waals surface area contributed by atoms with Gasteiger partial charge in [0.15, 0.2) is 0 Å². The summed E-state index contributed by atoms with van der Waals surface area (Å²) in [5.41, 5.74) is 1.76. The molecule has 0 unspecified atom stereocenters. The molecule has 1 aromatic carbocycles. The van der Waals surface area contributed by atoms with Gasteiger partial charge in [0, 0.05) is 30.4 Å². The molecule has 0 aliphatic carbocycles. The van der Waals surface area contributed by atoms with Gasteiger partial charge in [-0.2, -0.15) is 0 Å². The number of para-hydroxylation sites is 1. The molecule has 2 aromatic rings. The molecule has 1 heterocycles. The third-order valence-corrected chi connectivity index (χ3v) is 3.03. The fourth-order valence-corrected chi connectivity index (χ4v) is 1.85. The Bertz CT molecular complexity index is 651. The zero-order valence-electron chi connectivity index (χ0n) is 12.6. The molecule has 0 aliphatic heterocycles. The minimum Gasteiger partial charge on any atom is -0.496 e. The molecule has 0 bridgehead atoms. The lowest BCUT2D eigenvalue weighted by Crippen LogP contribution is -2.20. The number of benzene rings is 1. The molecule has 0 spiro atoms. The third kappa shape index (κ3) is 4.34. The van der Waals surface area contributed by atoms with Gasteiger partial charge < -0.3 is 14.8 Å². The van der Waals surface area contributed by atoms with E-state index >= 15 is 0 Å². The zero-order chi connectivity index (χ0) is 15.8. The Hall–Kier alpha value is -2.82. The molecule has 1 N–H and O–H groups in total. The summed E-state index contributed by atoms with van der Waals surface area (Å²) in [5.74, 6) is 1.10. The van der Waals surface area contributed by atoms with Crippen molar-refractivity contribution in [2.24, 2.45) is 0 Å². The number of pyridine rings is 1. The van der Waals surface area contributed by atoms with Crippen LogP contribution in [0.2, 0.25) is 0 Å². The van der Waals surface area contributed by atoms with Crippen LogP contribution in [0.4, 0.5) is 0 Å². The highest BCUT2D eigenvalue weighted by Crippen LogP contribution is 2.18. The lowest BCUT2D eigenvalue weighted by molar-refractivity contribution is -0.116. The maximum atomic E-state index is 11.8. The normalized spacial score (nSPS) is 10.5. The van der Waals surface area contributed by atoms with Gasteiger partial charge in [-0.05, 0) is 17.7 Å². The summed E-state index contributed by atoms with van der Waals surface area (Å²) in [5, 5.41) is 2.80. The van der Waals surface area contributed by atoms with Gasteiger partial charge in [-0.25, -0.2) is 4.98 Å². The number of rotatable bonds is 6. The molecule has 0 radical (unpaired) electrons. The SMILES string of the molecule is COc1ccc(CNC(=O)/C=C/c2ccccc2OC)cn1. The Labute approximate surface area is 129 Å². The first-order valence-electron chi connectivity index (χ1n) is 6.81. The van der Waals surface area contributed by atoms with E-state index in [0.717, 1.165) is 16.9 Å². The Morgan fingerprint density at radius 2 is 2.00 bits per heavy atom. The van der Waals surface area contributed by atoms with E-state index in [4.69, 9.17) is 9.47 Å². The second kappa shape index (κ2) is 7.83. The smallest absolute Gasteiger partial charge is 0.244 e. The number of nitrogens with zero attached hydrogens (tertiary/aromatic N) is 1. The van der Waals surface area contributed by atoms with E-state index in [0.29, 0.717) is 12.4 Å². The highest BCUT2D eigenvalue weighted by atomic mass is 16.5. The van der Waals surface area contributed by atoms with Crippen molar-refractivity contribution in [1.82, 2.24) is 10.3 Å². The van der Waals surface area contributed by atoms with E-state index in [1.54, 1.807) is 32.6 Å². The van der Waals surface area contributed by atoms with Crippen molar-refractivity contribution in [3.63, 3.8) is 0 Å². The summed E-state index contributed by atoms with van der Waals surface area (Å²) in [4.78, 5) is 15.9. The minimum absolute atomic E-state index is 0.179. The fraction of sp³-hybridized carbons (Fsp3) is 0.176. The van der Waals surface area contributed by atoms with Gasteiger partial charge in [0.1, 0.15) is 5.75 Å². The number of carbonyl (C=O) groups excluding carboxylic acids is 1. The van der Waals surface area contributed by atoms with Crippen molar-refractivity contribution in [1.29, 1.82) is 0 Å². The number of hydrogen-bond acceptors (Lipinski definition) is 4. The summed E-state index contributed by atoms with van der Waals surface area (Å²) in [6, 6.07) is 11.1. The number of aromatic nitrogens is 1. The maximum absolute atomic E-state index is 11.8. The van der Waals surface area contributed by atoms with Crippen molar-refractivity contribution in [3.8, 4) is 11.6 Å². The van der Waals surface area contributed by atoms with Crippen molar-refractivity contribution in [2.75, 3.05) is 14.2 Å². The van der Waals surface area contributed by atoms with E-state index in [9.17, 15) is 4.79 Å². The van der Waals surface area contributed by atoms with Crippen LogP contribution in [0.25, 0.3) is 6.08 Å². The molecule has 2 rings (SSSR count). The first-order chi connectivity index (χ1) is 10.7.